The maximum absolute atomic E-state index is 9.22. The van der Waals surface area contributed by atoms with Crippen LogP contribution < -0.4 is 9.64 Å². The van der Waals surface area contributed by atoms with E-state index in [9.17, 15) is 5.26 Å². The Kier molecular flexibility index (Phi) is 3.77. The lowest BCUT2D eigenvalue weighted by Gasteiger charge is -2.24. The van der Waals surface area contributed by atoms with Gasteiger partial charge in [0, 0.05) is 30.6 Å². The fourth-order valence-electron chi connectivity index (χ4n) is 3.26. The van der Waals surface area contributed by atoms with Gasteiger partial charge >= 0.3 is 0 Å². The van der Waals surface area contributed by atoms with Crippen LogP contribution in [0.5, 0.6) is 5.75 Å². The minimum atomic E-state index is -0.145. The molecule has 0 amide bonds. The maximum atomic E-state index is 9.22. The third kappa shape index (κ3) is 2.53. The van der Waals surface area contributed by atoms with Crippen molar-refractivity contribution in [1.29, 1.82) is 5.26 Å². The molecular weight excluding hydrogens is 272 g/mol. The van der Waals surface area contributed by atoms with E-state index < -0.39 is 0 Å². The molecule has 2 aromatic carbocycles. The summed E-state index contributed by atoms with van der Waals surface area (Å²) in [5, 5.41) is 9.22. The molecule has 0 radical (unpaired) electrons. The molecule has 0 fully saturated rings. The number of methoxy groups -OCH3 is 1. The lowest BCUT2D eigenvalue weighted by Crippen LogP contribution is -2.30. The molecule has 1 aliphatic heterocycles. The highest BCUT2D eigenvalue weighted by Crippen LogP contribution is 2.44. The van der Waals surface area contributed by atoms with Crippen molar-refractivity contribution >= 4 is 5.69 Å². The largest absolute Gasteiger partial charge is 0.497 e. The Labute approximate surface area is 131 Å². The third-order valence-corrected chi connectivity index (χ3v) is 4.42. The molecule has 0 N–H and O–H groups in total. The molecule has 0 aromatic heterocycles. The molecule has 22 heavy (non-hydrogen) atoms. The van der Waals surface area contributed by atoms with Crippen LogP contribution in [0.2, 0.25) is 0 Å². The minimum Gasteiger partial charge on any atom is -0.497 e. The lowest BCUT2D eigenvalue weighted by molar-refractivity contribution is 0.412. The van der Waals surface area contributed by atoms with Crippen LogP contribution in [0.15, 0.2) is 48.5 Å². The van der Waals surface area contributed by atoms with E-state index in [0.717, 1.165) is 18.8 Å². The summed E-state index contributed by atoms with van der Waals surface area (Å²) in [7, 11) is 1.68. The summed E-state index contributed by atoms with van der Waals surface area (Å²) >= 11 is 0. The first-order chi connectivity index (χ1) is 10.7. The summed E-state index contributed by atoms with van der Waals surface area (Å²) in [6.45, 7) is 3.89. The van der Waals surface area contributed by atoms with E-state index in [2.05, 4.69) is 54.3 Å². The van der Waals surface area contributed by atoms with Crippen LogP contribution in [-0.4, -0.2) is 13.7 Å². The molecule has 1 atom stereocenters. The van der Waals surface area contributed by atoms with Crippen molar-refractivity contribution in [2.24, 2.45) is 0 Å². The number of hydrogen-bond acceptors (Lipinski definition) is 3. The quantitative estimate of drug-likeness (QED) is 0.858. The van der Waals surface area contributed by atoms with Crippen LogP contribution in [0, 0.1) is 11.3 Å². The van der Waals surface area contributed by atoms with Crippen molar-refractivity contribution in [3.63, 3.8) is 0 Å². The number of ether oxygens (including phenoxy) is 1. The van der Waals surface area contributed by atoms with Gasteiger partial charge < -0.3 is 9.64 Å². The minimum absolute atomic E-state index is 0.145. The monoisotopic (exact) mass is 292 g/mol. The Bertz CT molecular complexity index is 705. The van der Waals surface area contributed by atoms with E-state index in [0.29, 0.717) is 6.42 Å². The molecule has 2 aromatic rings. The number of anilines is 1. The zero-order chi connectivity index (χ0) is 15.6. The van der Waals surface area contributed by atoms with E-state index in [1.807, 2.05) is 12.1 Å². The zero-order valence-electron chi connectivity index (χ0n) is 13.0. The molecule has 1 heterocycles. The van der Waals surface area contributed by atoms with Crippen molar-refractivity contribution in [2.45, 2.75) is 25.3 Å². The van der Waals surface area contributed by atoms with E-state index in [1.54, 1.807) is 7.11 Å². The van der Waals surface area contributed by atoms with Gasteiger partial charge in [-0.25, -0.2) is 0 Å². The molecule has 0 aliphatic carbocycles. The highest BCUT2D eigenvalue weighted by Gasteiger charge is 2.39. The molecule has 3 heteroatoms. The Morgan fingerprint density at radius 1 is 1.23 bits per heavy atom. The van der Waals surface area contributed by atoms with Gasteiger partial charge in [-0.05, 0) is 29.3 Å². The van der Waals surface area contributed by atoms with Crippen LogP contribution in [0.3, 0.4) is 0 Å². The Balaban J connectivity index is 1.97. The summed E-state index contributed by atoms with van der Waals surface area (Å²) in [5.74, 6) is 0.851. The van der Waals surface area contributed by atoms with Crippen LogP contribution in [-0.2, 0) is 12.0 Å². The number of fused-ring (bicyclic) bond motifs is 1. The Morgan fingerprint density at radius 3 is 2.68 bits per heavy atom. The topological polar surface area (TPSA) is 36.3 Å². The number of hydrogen-bond donors (Lipinski definition) is 0. The van der Waals surface area contributed by atoms with Crippen molar-refractivity contribution in [1.82, 2.24) is 0 Å². The fourth-order valence-corrected chi connectivity index (χ4v) is 3.26. The van der Waals surface area contributed by atoms with Crippen molar-refractivity contribution in [3.05, 3.63) is 59.7 Å². The van der Waals surface area contributed by atoms with Crippen molar-refractivity contribution in [2.75, 3.05) is 18.6 Å². The second-order valence-electron chi connectivity index (χ2n) is 6.12. The van der Waals surface area contributed by atoms with Crippen LogP contribution in [0.4, 0.5) is 5.69 Å². The van der Waals surface area contributed by atoms with E-state index in [-0.39, 0.29) is 5.41 Å². The van der Waals surface area contributed by atoms with Crippen LogP contribution in [0.25, 0.3) is 0 Å². The smallest absolute Gasteiger partial charge is 0.119 e. The van der Waals surface area contributed by atoms with E-state index in [4.69, 9.17) is 4.74 Å². The second-order valence-corrected chi connectivity index (χ2v) is 6.12. The lowest BCUT2D eigenvalue weighted by atomic mass is 9.82. The first-order valence-electron chi connectivity index (χ1n) is 7.50. The Morgan fingerprint density at radius 2 is 2.00 bits per heavy atom. The highest BCUT2D eigenvalue weighted by atomic mass is 16.5. The standard InChI is InChI=1S/C19H20N2O/c1-19(10-11-20)14-21(13-15-6-4-3-5-7-15)18-9-8-16(22-2)12-17(18)19/h3-9,12H,10,13-14H2,1-2H3. The van der Waals surface area contributed by atoms with E-state index in [1.165, 1.54) is 16.8 Å². The van der Waals surface area contributed by atoms with Gasteiger partial charge in [-0.3, -0.25) is 0 Å². The normalized spacial score (nSPS) is 19.6. The fraction of sp³-hybridized carbons (Fsp3) is 0.316. The third-order valence-electron chi connectivity index (χ3n) is 4.42. The van der Waals surface area contributed by atoms with E-state index >= 15 is 0 Å². The molecule has 3 rings (SSSR count). The van der Waals surface area contributed by atoms with Gasteiger partial charge in [-0.2, -0.15) is 5.26 Å². The molecule has 0 spiro atoms. The van der Waals surface area contributed by atoms with Gasteiger partial charge in [-0.15, -0.1) is 0 Å². The van der Waals surface area contributed by atoms with Crippen LogP contribution >= 0.6 is 0 Å². The summed E-state index contributed by atoms with van der Waals surface area (Å²) in [5.41, 5.74) is 3.56. The van der Waals surface area contributed by atoms with Gasteiger partial charge in [-0.1, -0.05) is 37.3 Å². The van der Waals surface area contributed by atoms with Gasteiger partial charge in [0.1, 0.15) is 5.75 Å². The first-order valence-corrected chi connectivity index (χ1v) is 7.50. The zero-order valence-corrected chi connectivity index (χ0v) is 13.0. The summed E-state index contributed by atoms with van der Waals surface area (Å²) in [6, 6.07) is 19.0. The number of rotatable bonds is 4. The second kappa shape index (κ2) is 5.73. The molecule has 3 nitrogen and oxygen atoms in total. The first kappa shape index (κ1) is 14.5. The molecule has 0 saturated carbocycles. The van der Waals surface area contributed by atoms with Gasteiger partial charge in [0.15, 0.2) is 0 Å². The molecule has 1 aliphatic rings. The highest BCUT2D eigenvalue weighted by molar-refractivity contribution is 5.65. The van der Waals surface area contributed by atoms with Gasteiger partial charge in [0.05, 0.1) is 13.2 Å². The van der Waals surface area contributed by atoms with Gasteiger partial charge in [0.2, 0.25) is 0 Å². The number of benzene rings is 2. The summed E-state index contributed by atoms with van der Waals surface area (Å²) in [6.07, 6.45) is 0.512. The van der Waals surface area contributed by atoms with Crippen molar-refractivity contribution in [3.8, 4) is 11.8 Å². The average molecular weight is 292 g/mol. The van der Waals surface area contributed by atoms with Gasteiger partial charge in [0.25, 0.3) is 0 Å². The average Bonchev–Trinajstić information content (AvgIpc) is 2.80. The summed E-state index contributed by atoms with van der Waals surface area (Å²) < 4.78 is 5.36. The number of nitriles is 1. The van der Waals surface area contributed by atoms with Crippen LogP contribution in [0.1, 0.15) is 24.5 Å². The predicted molar refractivity (Wildman–Crippen MR) is 88.1 cm³/mol. The summed E-state index contributed by atoms with van der Waals surface area (Å²) in [4.78, 5) is 2.36. The number of nitrogens with zero attached hydrogens (tertiary/aromatic N) is 2. The molecule has 112 valence electrons. The molecular formula is C19H20N2O. The Hall–Kier alpha value is -2.47. The maximum Gasteiger partial charge on any atom is 0.119 e. The molecule has 0 saturated heterocycles. The predicted octanol–water partition coefficient (Wildman–Crippen LogP) is 3.89. The molecule has 1 unspecified atom stereocenters. The van der Waals surface area contributed by atoms with Crippen molar-refractivity contribution < 1.29 is 4.74 Å². The molecule has 0 bridgehead atoms. The SMILES string of the molecule is COc1ccc2c(c1)C(C)(CC#N)CN2Cc1ccccc1.